The smallest absolute Gasteiger partial charge is 0.140 e. The molecule has 0 aliphatic rings. The second kappa shape index (κ2) is 4.13. The van der Waals surface area contributed by atoms with E-state index in [4.69, 9.17) is 4.74 Å². The van der Waals surface area contributed by atoms with Gasteiger partial charge in [0.05, 0.1) is 18.5 Å². The lowest BCUT2D eigenvalue weighted by Gasteiger charge is -2.06. The highest BCUT2D eigenvalue weighted by Gasteiger charge is 2.02. The van der Waals surface area contributed by atoms with E-state index < -0.39 is 0 Å². The van der Waals surface area contributed by atoms with Crippen LogP contribution in [0.2, 0.25) is 0 Å². The average molecular weight is 199 g/mol. The molecule has 0 unspecified atom stereocenters. The Morgan fingerprint density at radius 2 is 1.73 bits per heavy atom. The Kier molecular flexibility index (Phi) is 2.68. The SMILES string of the molecule is COc1ccc(-c2ccccc2)nc1C. The van der Waals surface area contributed by atoms with Gasteiger partial charge in [-0.25, -0.2) is 4.98 Å². The summed E-state index contributed by atoms with van der Waals surface area (Å²) in [6.45, 7) is 1.95. The summed E-state index contributed by atoms with van der Waals surface area (Å²) in [5.74, 6) is 0.828. The van der Waals surface area contributed by atoms with Crippen LogP contribution in [0.1, 0.15) is 5.69 Å². The quantitative estimate of drug-likeness (QED) is 0.741. The van der Waals surface area contributed by atoms with E-state index in [9.17, 15) is 0 Å². The summed E-state index contributed by atoms with van der Waals surface area (Å²) in [5.41, 5.74) is 3.02. The molecule has 2 nitrogen and oxygen atoms in total. The van der Waals surface area contributed by atoms with E-state index in [0.29, 0.717) is 0 Å². The standard InChI is InChI=1S/C13H13NO/c1-10-13(15-2)9-8-12(14-10)11-6-4-3-5-7-11/h3-9H,1-2H3. The van der Waals surface area contributed by atoms with Crippen molar-refractivity contribution in [1.82, 2.24) is 4.98 Å². The van der Waals surface area contributed by atoms with E-state index >= 15 is 0 Å². The monoisotopic (exact) mass is 199 g/mol. The number of rotatable bonds is 2. The molecule has 0 atom stereocenters. The molecule has 2 rings (SSSR count). The summed E-state index contributed by atoms with van der Waals surface area (Å²) >= 11 is 0. The predicted molar refractivity (Wildman–Crippen MR) is 61.0 cm³/mol. The van der Waals surface area contributed by atoms with E-state index in [1.165, 1.54) is 0 Å². The minimum atomic E-state index is 0.828. The number of nitrogens with zero attached hydrogens (tertiary/aromatic N) is 1. The number of pyridine rings is 1. The van der Waals surface area contributed by atoms with Gasteiger partial charge in [-0.05, 0) is 19.1 Å². The summed E-state index contributed by atoms with van der Waals surface area (Å²) in [6.07, 6.45) is 0. The van der Waals surface area contributed by atoms with Crippen LogP contribution in [0.4, 0.5) is 0 Å². The van der Waals surface area contributed by atoms with E-state index in [1.807, 2.05) is 49.4 Å². The molecule has 2 aromatic rings. The molecule has 0 radical (unpaired) electrons. The fourth-order valence-electron chi connectivity index (χ4n) is 1.53. The number of aryl methyl sites for hydroxylation is 1. The number of methoxy groups -OCH3 is 1. The molecule has 15 heavy (non-hydrogen) atoms. The van der Waals surface area contributed by atoms with Crippen molar-refractivity contribution < 1.29 is 4.74 Å². The number of benzene rings is 1. The van der Waals surface area contributed by atoms with Crippen molar-refractivity contribution in [3.8, 4) is 17.0 Å². The maximum Gasteiger partial charge on any atom is 0.140 e. The first-order chi connectivity index (χ1) is 7.31. The van der Waals surface area contributed by atoms with Gasteiger partial charge in [0.1, 0.15) is 5.75 Å². The normalized spacial score (nSPS) is 10.0. The molecular formula is C13H13NO. The fourth-order valence-corrected chi connectivity index (χ4v) is 1.53. The number of aromatic nitrogens is 1. The molecule has 0 fully saturated rings. The first-order valence-corrected chi connectivity index (χ1v) is 4.88. The van der Waals surface area contributed by atoms with E-state index in [1.54, 1.807) is 7.11 Å². The fraction of sp³-hybridized carbons (Fsp3) is 0.154. The number of ether oxygens (including phenoxy) is 1. The van der Waals surface area contributed by atoms with Crippen molar-refractivity contribution in [3.05, 3.63) is 48.2 Å². The topological polar surface area (TPSA) is 22.1 Å². The van der Waals surface area contributed by atoms with Crippen molar-refractivity contribution in [3.63, 3.8) is 0 Å². The van der Waals surface area contributed by atoms with Crippen molar-refractivity contribution in [1.29, 1.82) is 0 Å². The van der Waals surface area contributed by atoms with Gasteiger partial charge in [0.15, 0.2) is 0 Å². The Balaban J connectivity index is 2.43. The molecule has 76 valence electrons. The molecule has 0 amide bonds. The van der Waals surface area contributed by atoms with Gasteiger partial charge in [0, 0.05) is 5.56 Å². The van der Waals surface area contributed by atoms with Crippen LogP contribution in [0.3, 0.4) is 0 Å². The molecular weight excluding hydrogens is 186 g/mol. The second-order valence-electron chi connectivity index (χ2n) is 3.35. The first-order valence-electron chi connectivity index (χ1n) is 4.88. The second-order valence-corrected chi connectivity index (χ2v) is 3.35. The maximum absolute atomic E-state index is 5.17. The van der Waals surface area contributed by atoms with Gasteiger partial charge < -0.3 is 4.74 Å². The lowest BCUT2D eigenvalue weighted by molar-refractivity contribution is 0.409. The molecule has 2 heteroatoms. The molecule has 0 saturated carbocycles. The van der Waals surface area contributed by atoms with Crippen LogP contribution in [-0.4, -0.2) is 12.1 Å². The zero-order chi connectivity index (χ0) is 10.7. The van der Waals surface area contributed by atoms with E-state index in [-0.39, 0.29) is 0 Å². The van der Waals surface area contributed by atoms with Gasteiger partial charge in [-0.3, -0.25) is 0 Å². The van der Waals surface area contributed by atoms with Gasteiger partial charge in [0.25, 0.3) is 0 Å². The molecule has 0 spiro atoms. The summed E-state index contributed by atoms with van der Waals surface area (Å²) in [7, 11) is 1.66. The highest BCUT2D eigenvalue weighted by atomic mass is 16.5. The van der Waals surface area contributed by atoms with Crippen molar-refractivity contribution in [2.75, 3.05) is 7.11 Å². The zero-order valence-electron chi connectivity index (χ0n) is 8.90. The van der Waals surface area contributed by atoms with Crippen LogP contribution >= 0.6 is 0 Å². The summed E-state index contributed by atoms with van der Waals surface area (Å²) in [4.78, 5) is 4.49. The summed E-state index contributed by atoms with van der Waals surface area (Å²) < 4.78 is 5.17. The third kappa shape index (κ3) is 1.99. The molecule has 0 aliphatic carbocycles. The Hall–Kier alpha value is -1.83. The van der Waals surface area contributed by atoms with E-state index in [0.717, 1.165) is 22.7 Å². The van der Waals surface area contributed by atoms with Crippen LogP contribution in [-0.2, 0) is 0 Å². The van der Waals surface area contributed by atoms with Gasteiger partial charge in [-0.1, -0.05) is 30.3 Å². The Morgan fingerprint density at radius 1 is 1.00 bits per heavy atom. The molecule has 0 N–H and O–H groups in total. The predicted octanol–water partition coefficient (Wildman–Crippen LogP) is 3.07. The number of hydrogen-bond acceptors (Lipinski definition) is 2. The Morgan fingerprint density at radius 3 is 2.33 bits per heavy atom. The van der Waals surface area contributed by atoms with Crippen molar-refractivity contribution in [2.45, 2.75) is 6.92 Å². The molecule has 1 aromatic heterocycles. The summed E-state index contributed by atoms with van der Waals surface area (Å²) in [5, 5.41) is 0. The van der Waals surface area contributed by atoms with Gasteiger partial charge >= 0.3 is 0 Å². The molecule has 0 bridgehead atoms. The lowest BCUT2D eigenvalue weighted by Crippen LogP contribution is -1.92. The molecule has 1 aromatic carbocycles. The summed E-state index contributed by atoms with van der Waals surface area (Å²) in [6, 6.07) is 14.0. The third-order valence-corrected chi connectivity index (χ3v) is 2.33. The average Bonchev–Trinajstić information content (AvgIpc) is 2.30. The van der Waals surface area contributed by atoms with Crippen LogP contribution in [0, 0.1) is 6.92 Å². The molecule has 0 saturated heterocycles. The highest BCUT2D eigenvalue weighted by Crippen LogP contribution is 2.21. The van der Waals surface area contributed by atoms with Crippen LogP contribution in [0.5, 0.6) is 5.75 Å². The molecule has 0 aliphatic heterocycles. The van der Waals surface area contributed by atoms with Crippen molar-refractivity contribution in [2.24, 2.45) is 0 Å². The van der Waals surface area contributed by atoms with E-state index in [2.05, 4.69) is 4.98 Å². The lowest BCUT2D eigenvalue weighted by atomic mass is 10.1. The highest BCUT2D eigenvalue weighted by molar-refractivity contribution is 5.59. The number of hydrogen-bond donors (Lipinski definition) is 0. The zero-order valence-corrected chi connectivity index (χ0v) is 8.90. The van der Waals surface area contributed by atoms with Gasteiger partial charge in [0.2, 0.25) is 0 Å². The Labute approximate surface area is 89.6 Å². The largest absolute Gasteiger partial charge is 0.495 e. The molecule has 1 heterocycles. The Bertz CT molecular complexity index is 451. The first kappa shape index (κ1) is 9.71. The minimum Gasteiger partial charge on any atom is -0.495 e. The van der Waals surface area contributed by atoms with Gasteiger partial charge in [-0.15, -0.1) is 0 Å². The third-order valence-electron chi connectivity index (χ3n) is 2.33. The van der Waals surface area contributed by atoms with Crippen molar-refractivity contribution >= 4 is 0 Å². The van der Waals surface area contributed by atoms with Crippen LogP contribution < -0.4 is 4.74 Å². The van der Waals surface area contributed by atoms with Crippen LogP contribution in [0.25, 0.3) is 11.3 Å². The van der Waals surface area contributed by atoms with Gasteiger partial charge in [-0.2, -0.15) is 0 Å². The van der Waals surface area contributed by atoms with Crippen LogP contribution in [0.15, 0.2) is 42.5 Å². The minimum absolute atomic E-state index is 0.828. The maximum atomic E-state index is 5.17.